The zero-order valence-electron chi connectivity index (χ0n) is 16.0. The fraction of sp³-hybridized carbons (Fsp3) is 0.273. The van der Waals surface area contributed by atoms with E-state index in [-0.39, 0.29) is 30.2 Å². The first-order chi connectivity index (χ1) is 14.4. The Hall–Kier alpha value is -3.29. The fourth-order valence-corrected chi connectivity index (χ4v) is 3.81. The Balaban J connectivity index is 1.63. The fourth-order valence-electron chi connectivity index (χ4n) is 3.81. The summed E-state index contributed by atoms with van der Waals surface area (Å²) in [5.74, 6) is -2.43. The molecule has 0 spiro atoms. The average molecular weight is 415 g/mol. The number of aryl methyl sites for hydroxylation is 1. The highest BCUT2D eigenvalue weighted by Crippen LogP contribution is 2.33. The number of hydrogen-bond acceptors (Lipinski definition) is 2. The molecule has 0 radical (unpaired) electrons. The second kappa shape index (κ2) is 8.22. The van der Waals surface area contributed by atoms with Crippen molar-refractivity contribution in [2.75, 3.05) is 6.54 Å². The van der Waals surface area contributed by atoms with Gasteiger partial charge in [-0.05, 0) is 60.7 Å². The van der Waals surface area contributed by atoms with Gasteiger partial charge in [0.25, 0.3) is 0 Å². The van der Waals surface area contributed by atoms with Crippen molar-refractivity contribution >= 4 is 22.7 Å². The first-order valence-electron chi connectivity index (χ1n) is 9.75. The molecule has 1 unspecified atom stereocenters. The molecule has 1 aromatic heterocycles. The molecular weight excluding hydrogens is 395 g/mol. The lowest BCUT2D eigenvalue weighted by atomic mass is 10.0. The number of piperidine rings is 1. The van der Waals surface area contributed by atoms with Gasteiger partial charge in [0, 0.05) is 30.1 Å². The Labute approximate surface area is 170 Å². The summed E-state index contributed by atoms with van der Waals surface area (Å²) in [5.41, 5.74) is 1.77. The van der Waals surface area contributed by atoms with E-state index in [1.165, 1.54) is 30.3 Å². The minimum atomic E-state index is -0.747. The molecule has 1 fully saturated rings. The van der Waals surface area contributed by atoms with Crippen molar-refractivity contribution in [3.8, 4) is 11.3 Å². The molecular formula is C22H20F3N3O2. The van der Waals surface area contributed by atoms with Gasteiger partial charge in [-0.2, -0.15) is 0 Å². The molecule has 2 aromatic carbocycles. The molecule has 8 heteroatoms. The monoisotopic (exact) mass is 415 g/mol. The molecule has 156 valence electrons. The van der Waals surface area contributed by atoms with Crippen LogP contribution in [0.5, 0.6) is 0 Å². The maximum absolute atomic E-state index is 14.3. The molecule has 30 heavy (non-hydrogen) atoms. The van der Waals surface area contributed by atoms with Crippen LogP contribution in [-0.4, -0.2) is 29.4 Å². The smallest absolute Gasteiger partial charge is 0.242 e. The number of aromatic amines is 1. The Kier molecular flexibility index (Phi) is 5.48. The standard InChI is InChI=1S/C22H20F3N3O2/c23-13-5-3-12(4-6-13)20-15(16-10-14(24)11-17(25)21(16)28-20)7-8-19(29)27-18-2-1-9-26-22(18)30/h3-6,10-11,18,28H,1-2,7-9H2,(H,26,30)(H,27,29). The molecule has 1 atom stereocenters. The number of halogens is 3. The van der Waals surface area contributed by atoms with Gasteiger partial charge in [0.2, 0.25) is 11.8 Å². The number of carbonyl (C=O) groups excluding carboxylic acids is 2. The van der Waals surface area contributed by atoms with Crippen molar-refractivity contribution < 1.29 is 22.8 Å². The molecule has 3 aromatic rings. The number of benzene rings is 2. The first-order valence-corrected chi connectivity index (χ1v) is 9.75. The second-order valence-corrected chi connectivity index (χ2v) is 7.35. The van der Waals surface area contributed by atoms with Crippen molar-refractivity contribution in [3.05, 3.63) is 59.4 Å². The number of H-pyrrole nitrogens is 1. The summed E-state index contributed by atoms with van der Waals surface area (Å²) in [7, 11) is 0. The lowest BCUT2D eigenvalue weighted by molar-refractivity contribution is -0.130. The van der Waals surface area contributed by atoms with Gasteiger partial charge in [-0.15, -0.1) is 0 Å². The highest BCUT2D eigenvalue weighted by molar-refractivity contribution is 5.92. The van der Waals surface area contributed by atoms with E-state index < -0.39 is 23.5 Å². The zero-order valence-corrected chi connectivity index (χ0v) is 16.0. The van der Waals surface area contributed by atoms with E-state index >= 15 is 0 Å². The molecule has 1 saturated heterocycles. The second-order valence-electron chi connectivity index (χ2n) is 7.35. The van der Waals surface area contributed by atoms with Crippen LogP contribution in [0.3, 0.4) is 0 Å². The van der Waals surface area contributed by atoms with Crippen molar-refractivity contribution in [1.29, 1.82) is 0 Å². The third-order valence-corrected chi connectivity index (χ3v) is 5.29. The molecule has 1 aliphatic heterocycles. The number of carbonyl (C=O) groups is 2. The summed E-state index contributed by atoms with van der Waals surface area (Å²) in [6.45, 7) is 0.596. The number of hydrogen-bond donors (Lipinski definition) is 3. The van der Waals surface area contributed by atoms with Crippen LogP contribution < -0.4 is 10.6 Å². The highest BCUT2D eigenvalue weighted by Gasteiger charge is 2.24. The third-order valence-electron chi connectivity index (χ3n) is 5.29. The van der Waals surface area contributed by atoms with Crippen molar-refractivity contribution in [2.45, 2.75) is 31.7 Å². The van der Waals surface area contributed by atoms with Gasteiger partial charge in [0.15, 0.2) is 0 Å². The van der Waals surface area contributed by atoms with Crippen LogP contribution in [0, 0.1) is 17.5 Å². The SMILES string of the molecule is O=C(CCc1c(-c2ccc(F)cc2)[nH]c2c(F)cc(F)cc12)NC1CCCNC1=O. The lowest BCUT2D eigenvalue weighted by Gasteiger charge is -2.22. The molecule has 0 aliphatic carbocycles. The Bertz CT molecular complexity index is 1110. The maximum Gasteiger partial charge on any atom is 0.242 e. The van der Waals surface area contributed by atoms with E-state index in [2.05, 4.69) is 15.6 Å². The molecule has 0 bridgehead atoms. The van der Waals surface area contributed by atoms with Crippen LogP contribution in [0.2, 0.25) is 0 Å². The van der Waals surface area contributed by atoms with Crippen molar-refractivity contribution in [1.82, 2.24) is 15.6 Å². The highest BCUT2D eigenvalue weighted by atomic mass is 19.1. The molecule has 2 amide bonds. The summed E-state index contributed by atoms with van der Waals surface area (Å²) in [6, 6.07) is 7.04. The quantitative estimate of drug-likeness (QED) is 0.596. The average Bonchev–Trinajstić information content (AvgIpc) is 3.07. The number of rotatable bonds is 5. The Morgan fingerprint density at radius 3 is 2.60 bits per heavy atom. The zero-order chi connectivity index (χ0) is 21.3. The van der Waals surface area contributed by atoms with Gasteiger partial charge in [0.1, 0.15) is 23.5 Å². The van der Waals surface area contributed by atoms with Gasteiger partial charge in [-0.25, -0.2) is 13.2 Å². The number of amides is 2. The predicted octanol–water partition coefficient (Wildman–Crippen LogP) is 3.58. The first kappa shape index (κ1) is 20.0. The predicted molar refractivity (Wildman–Crippen MR) is 106 cm³/mol. The summed E-state index contributed by atoms with van der Waals surface area (Å²) < 4.78 is 41.5. The third kappa shape index (κ3) is 4.03. The van der Waals surface area contributed by atoms with Crippen LogP contribution in [0.15, 0.2) is 36.4 Å². The van der Waals surface area contributed by atoms with Crippen LogP contribution in [0.4, 0.5) is 13.2 Å². The summed E-state index contributed by atoms with van der Waals surface area (Å²) >= 11 is 0. The molecule has 0 saturated carbocycles. The summed E-state index contributed by atoms with van der Waals surface area (Å²) in [4.78, 5) is 27.2. The van der Waals surface area contributed by atoms with Crippen molar-refractivity contribution in [2.24, 2.45) is 0 Å². The Morgan fingerprint density at radius 2 is 1.87 bits per heavy atom. The van der Waals surface area contributed by atoms with E-state index in [0.29, 0.717) is 35.2 Å². The minimum absolute atomic E-state index is 0.0308. The van der Waals surface area contributed by atoms with E-state index in [4.69, 9.17) is 0 Å². The summed E-state index contributed by atoms with van der Waals surface area (Å²) in [5, 5.41) is 5.74. The van der Waals surface area contributed by atoms with E-state index in [0.717, 1.165) is 12.5 Å². The summed E-state index contributed by atoms with van der Waals surface area (Å²) in [6.07, 6.45) is 1.58. The molecule has 5 nitrogen and oxygen atoms in total. The van der Waals surface area contributed by atoms with Crippen LogP contribution in [0.25, 0.3) is 22.2 Å². The van der Waals surface area contributed by atoms with Gasteiger partial charge < -0.3 is 15.6 Å². The Morgan fingerprint density at radius 1 is 1.10 bits per heavy atom. The normalized spacial score (nSPS) is 16.5. The number of aromatic nitrogens is 1. The van der Waals surface area contributed by atoms with Gasteiger partial charge >= 0.3 is 0 Å². The number of fused-ring (bicyclic) bond motifs is 1. The number of nitrogens with one attached hydrogen (secondary N) is 3. The van der Waals surface area contributed by atoms with Gasteiger partial charge in [-0.3, -0.25) is 9.59 Å². The maximum atomic E-state index is 14.3. The minimum Gasteiger partial charge on any atom is -0.354 e. The van der Waals surface area contributed by atoms with E-state index in [1.54, 1.807) is 0 Å². The van der Waals surface area contributed by atoms with Crippen molar-refractivity contribution in [3.63, 3.8) is 0 Å². The molecule has 3 N–H and O–H groups in total. The van der Waals surface area contributed by atoms with Crippen LogP contribution >= 0.6 is 0 Å². The van der Waals surface area contributed by atoms with Crippen LogP contribution in [-0.2, 0) is 16.0 Å². The molecule has 2 heterocycles. The van der Waals surface area contributed by atoms with E-state index in [9.17, 15) is 22.8 Å². The van der Waals surface area contributed by atoms with E-state index in [1.807, 2.05) is 0 Å². The lowest BCUT2D eigenvalue weighted by Crippen LogP contribution is -2.50. The molecule has 1 aliphatic rings. The van der Waals surface area contributed by atoms with Crippen LogP contribution in [0.1, 0.15) is 24.8 Å². The largest absolute Gasteiger partial charge is 0.354 e. The van der Waals surface area contributed by atoms with Gasteiger partial charge in [-0.1, -0.05) is 0 Å². The topological polar surface area (TPSA) is 74.0 Å². The van der Waals surface area contributed by atoms with Gasteiger partial charge in [0.05, 0.1) is 5.52 Å². The molecule has 4 rings (SSSR count).